The Morgan fingerprint density at radius 1 is 1.25 bits per heavy atom. The lowest BCUT2D eigenvalue weighted by Crippen LogP contribution is -2.33. The largest absolute Gasteiger partial charge is 0.394 e. The molecule has 2 aromatic heterocycles. The van der Waals surface area contributed by atoms with E-state index in [0.29, 0.717) is 17.0 Å². The van der Waals surface area contributed by atoms with Crippen molar-refractivity contribution in [2.24, 2.45) is 0 Å². The summed E-state index contributed by atoms with van der Waals surface area (Å²) in [6.07, 6.45) is -2.98. The van der Waals surface area contributed by atoms with Crippen molar-refractivity contribution in [1.82, 2.24) is 19.5 Å². The fourth-order valence-electron chi connectivity index (χ4n) is 2.94. The van der Waals surface area contributed by atoms with Crippen LogP contribution >= 0.6 is 11.6 Å². The highest BCUT2D eigenvalue weighted by molar-refractivity contribution is 6.29. The van der Waals surface area contributed by atoms with Crippen molar-refractivity contribution in [1.29, 1.82) is 0 Å². The Kier molecular flexibility index (Phi) is 4.88. The van der Waals surface area contributed by atoms with Crippen LogP contribution in [-0.2, 0) is 4.74 Å². The second kappa shape index (κ2) is 6.77. The molecule has 0 aromatic carbocycles. The number of rotatable bonds is 5. The monoisotopic (exact) mass is 357 g/mol. The minimum absolute atomic E-state index is 0.0637. The van der Waals surface area contributed by atoms with Crippen LogP contribution in [0.3, 0.4) is 0 Å². The summed E-state index contributed by atoms with van der Waals surface area (Å²) in [4.78, 5) is 14.8. The van der Waals surface area contributed by atoms with Crippen molar-refractivity contribution in [3.8, 4) is 0 Å². The quantitative estimate of drug-likeness (QED) is 0.637. The Bertz CT molecular complexity index is 722. The third-order valence-corrected chi connectivity index (χ3v) is 4.52. The Labute approximate surface area is 143 Å². The van der Waals surface area contributed by atoms with Gasteiger partial charge in [-0.25, -0.2) is 15.0 Å². The van der Waals surface area contributed by atoms with Gasteiger partial charge in [0, 0.05) is 13.1 Å². The smallest absolute Gasteiger partial charge is 0.207 e. The maximum absolute atomic E-state index is 10.2. The Hall–Kier alpha value is -1.52. The van der Waals surface area contributed by atoms with Gasteiger partial charge in [0.15, 0.2) is 23.2 Å². The third kappa shape index (κ3) is 2.62. The average molecular weight is 358 g/mol. The normalized spacial score (nSPS) is 27.1. The van der Waals surface area contributed by atoms with E-state index >= 15 is 0 Å². The third-order valence-electron chi connectivity index (χ3n) is 4.25. The SMILES string of the molecule is CCN(CC)c1ncnc2c1nc(Cl)n2[C@@H]1O[C@H](CO)[C@@H](O)[C@H]1O. The van der Waals surface area contributed by atoms with Crippen LogP contribution in [0.1, 0.15) is 20.1 Å². The number of aromatic nitrogens is 4. The number of halogens is 1. The van der Waals surface area contributed by atoms with Crippen molar-refractivity contribution in [3.05, 3.63) is 11.6 Å². The summed E-state index contributed by atoms with van der Waals surface area (Å²) in [5.74, 6) is 0.636. The van der Waals surface area contributed by atoms with Crippen LogP contribution in [0, 0.1) is 0 Å². The topological polar surface area (TPSA) is 117 Å². The van der Waals surface area contributed by atoms with Crippen LogP contribution in [0.2, 0.25) is 5.28 Å². The first-order chi connectivity index (χ1) is 11.5. The van der Waals surface area contributed by atoms with E-state index in [0.717, 1.165) is 13.1 Å². The van der Waals surface area contributed by atoms with Crippen molar-refractivity contribution < 1.29 is 20.1 Å². The van der Waals surface area contributed by atoms with E-state index in [1.165, 1.54) is 10.9 Å². The molecule has 0 saturated carbocycles. The van der Waals surface area contributed by atoms with Crippen molar-refractivity contribution >= 4 is 28.6 Å². The van der Waals surface area contributed by atoms with Crippen LogP contribution < -0.4 is 4.90 Å². The van der Waals surface area contributed by atoms with Crippen molar-refractivity contribution in [2.45, 2.75) is 38.4 Å². The van der Waals surface area contributed by atoms with Gasteiger partial charge < -0.3 is 25.0 Å². The molecule has 3 N–H and O–H groups in total. The molecule has 132 valence electrons. The van der Waals surface area contributed by atoms with Crippen LogP contribution in [0.15, 0.2) is 6.33 Å². The summed E-state index contributed by atoms with van der Waals surface area (Å²) >= 11 is 6.24. The molecule has 9 nitrogen and oxygen atoms in total. The zero-order valence-electron chi connectivity index (χ0n) is 13.4. The standard InChI is InChI=1S/C14H20ClN5O4/c1-3-19(4-2)11-8-12(17-6-16-11)20(14(15)18-8)13-10(23)9(22)7(5-21)24-13/h6-7,9-10,13,21-23H,3-5H2,1-2H3/t7-,9-,10-,13-/m1/s1. The minimum Gasteiger partial charge on any atom is -0.394 e. The fraction of sp³-hybridized carbons (Fsp3) is 0.643. The van der Waals surface area contributed by atoms with Gasteiger partial charge >= 0.3 is 0 Å². The summed E-state index contributed by atoms with van der Waals surface area (Å²) < 4.78 is 6.95. The molecule has 1 aliphatic rings. The lowest BCUT2D eigenvalue weighted by Gasteiger charge is -2.20. The molecular formula is C14H20ClN5O4. The van der Waals surface area contributed by atoms with Crippen LogP contribution in [-0.4, -0.2) is 72.8 Å². The van der Waals surface area contributed by atoms with E-state index < -0.39 is 31.1 Å². The second-order valence-electron chi connectivity index (χ2n) is 5.52. The number of aliphatic hydroxyl groups is 3. The van der Waals surface area contributed by atoms with Crippen LogP contribution in [0.25, 0.3) is 11.2 Å². The molecule has 3 heterocycles. The molecule has 0 bridgehead atoms. The molecular weight excluding hydrogens is 338 g/mol. The highest BCUT2D eigenvalue weighted by Crippen LogP contribution is 2.35. The van der Waals surface area contributed by atoms with E-state index in [-0.39, 0.29) is 5.28 Å². The number of fused-ring (bicyclic) bond motifs is 1. The molecule has 10 heteroatoms. The number of hydrogen-bond donors (Lipinski definition) is 3. The predicted octanol–water partition coefficient (Wildman–Crippen LogP) is -0.0626. The molecule has 0 amide bonds. The number of nitrogens with zero attached hydrogens (tertiary/aromatic N) is 5. The summed E-state index contributed by atoms with van der Waals surface area (Å²) in [6, 6.07) is 0. The molecule has 1 aliphatic heterocycles. The van der Waals surface area contributed by atoms with Gasteiger partial charge in [-0.3, -0.25) is 4.57 Å². The zero-order chi connectivity index (χ0) is 17.4. The Balaban J connectivity index is 2.10. The summed E-state index contributed by atoms with van der Waals surface area (Å²) in [5.41, 5.74) is 0.885. The average Bonchev–Trinajstić information content (AvgIpc) is 3.06. The van der Waals surface area contributed by atoms with E-state index in [2.05, 4.69) is 15.0 Å². The lowest BCUT2D eigenvalue weighted by molar-refractivity contribution is -0.0509. The van der Waals surface area contributed by atoms with Gasteiger partial charge in [-0.2, -0.15) is 0 Å². The van der Waals surface area contributed by atoms with E-state index in [4.69, 9.17) is 16.3 Å². The van der Waals surface area contributed by atoms with Crippen molar-refractivity contribution in [2.75, 3.05) is 24.6 Å². The van der Waals surface area contributed by atoms with E-state index in [1.807, 2.05) is 18.7 Å². The summed E-state index contributed by atoms with van der Waals surface area (Å²) in [7, 11) is 0. The van der Waals surface area contributed by atoms with Gasteiger partial charge in [0.1, 0.15) is 24.6 Å². The molecule has 0 radical (unpaired) electrons. The van der Waals surface area contributed by atoms with Gasteiger partial charge in [-0.15, -0.1) is 0 Å². The number of anilines is 1. The van der Waals surface area contributed by atoms with Gasteiger partial charge in [0.2, 0.25) is 5.28 Å². The van der Waals surface area contributed by atoms with Gasteiger partial charge in [-0.05, 0) is 25.4 Å². The molecule has 4 atom stereocenters. The first-order valence-electron chi connectivity index (χ1n) is 7.79. The van der Waals surface area contributed by atoms with Crippen LogP contribution in [0.4, 0.5) is 5.82 Å². The zero-order valence-corrected chi connectivity index (χ0v) is 14.1. The molecule has 0 spiro atoms. The predicted molar refractivity (Wildman–Crippen MR) is 86.9 cm³/mol. The number of imidazole rings is 1. The Morgan fingerprint density at radius 3 is 2.54 bits per heavy atom. The minimum atomic E-state index is -1.26. The second-order valence-corrected chi connectivity index (χ2v) is 5.86. The van der Waals surface area contributed by atoms with Crippen molar-refractivity contribution in [3.63, 3.8) is 0 Å². The van der Waals surface area contributed by atoms with E-state index in [1.54, 1.807) is 0 Å². The summed E-state index contributed by atoms with van der Waals surface area (Å²) in [6.45, 7) is 5.06. The van der Waals surface area contributed by atoms with Gasteiger partial charge in [-0.1, -0.05) is 0 Å². The van der Waals surface area contributed by atoms with Crippen LogP contribution in [0.5, 0.6) is 0 Å². The highest BCUT2D eigenvalue weighted by Gasteiger charge is 2.45. The molecule has 0 aliphatic carbocycles. The molecule has 1 saturated heterocycles. The maximum atomic E-state index is 10.2. The number of aliphatic hydroxyl groups excluding tert-OH is 3. The summed E-state index contributed by atoms with van der Waals surface area (Å²) in [5, 5.41) is 29.5. The maximum Gasteiger partial charge on any atom is 0.207 e. The molecule has 24 heavy (non-hydrogen) atoms. The fourth-order valence-corrected chi connectivity index (χ4v) is 3.20. The van der Waals surface area contributed by atoms with E-state index in [9.17, 15) is 15.3 Å². The molecule has 1 fully saturated rings. The number of hydrogen-bond acceptors (Lipinski definition) is 8. The highest BCUT2D eigenvalue weighted by atomic mass is 35.5. The van der Waals surface area contributed by atoms with Gasteiger partial charge in [0.05, 0.1) is 6.61 Å². The Morgan fingerprint density at radius 2 is 1.96 bits per heavy atom. The number of ether oxygens (including phenoxy) is 1. The molecule has 2 aromatic rings. The first kappa shape index (κ1) is 17.3. The molecule has 0 unspecified atom stereocenters. The molecule has 3 rings (SSSR count). The lowest BCUT2D eigenvalue weighted by atomic mass is 10.1. The van der Waals surface area contributed by atoms with Gasteiger partial charge in [0.25, 0.3) is 0 Å². The first-order valence-corrected chi connectivity index (χ1v) is 8.17.